The molecule has 164 valence electrons. The number of hydrogen-bond acceptors (Lipinski definition) is 6. The molecular weight excluding hydrogens is 425 g/mol. The Morgan fingerprint density at radius 3 is 2.82 bits per heavy atom. The molecule has 0 bridgehead atoms. The van der Waals surface area contributed by atoms with Crippen LogP contribution in [-0.4, -0.2) is 50.5 Å². The summed E-state index contributed by atoms with van der Waals surface area (Å²) in [5.41, 5.74) is 1.53. The normalized spacial score (nSPS) is 13.7. The smallest absolute Gasteiger partial charge is 0.333 e. The van der Waals surface area contributed by atoms with Crippen molar-refractivity contribution in [1.29, 1.82) is 5.26 Å². The third-order valence-electron chi connectivity index (χ3n) is 5.67. The summed E-state index contributed by atoms with van der Waals surface area (Å²) < 4.78 is 16.0. The zero-order chi connectivity index (χ0) is 23.1. The van der Waals surface area contributed by atoms with Gasteiger partial charge in [-0.1, -0.05) is 6.07 Å². The summed E-state index contributed by atoms with van der Waals surface area (Å²) in [6.45, 7) is 0.974. The molecule has 0 saturated heterocycles. The van der Waals surface area contributed by atoms with Crippen LogP contribution in [0.5, 0.6) is 0 Å². The van der Waals surface area contributed by atoms with E-state index in [1.54, 1.807) is 54.5 Å². The number of amides is 1. The average molecular weight is 443 g/mol. The first-order valence-electron chi connectivity index (χ1n) is 10.2. The second-order valence-corrected chi connectivity index (χ2v) is 7.74. The monoisotopic (exact) mass is 443 g/mol. The van der Waals surface area contributed by atoms with E-state index < -0.39 is 11.5 Å². The van der Waals surface area contributed by atoms with Crippen LogP contribution in [-0.2, 0) is 6.54 Å². The second-order valence-electron chi connectivity index (χ2n) is 7.74. The molecule has 0 saturated carbocycles. The van der Waals surface area contributed by atoms with Gasteiger partial charge in [0.15, 0.2) is 5.65 Å². The first-order valence-corrected chi connectivity index (χ1v) is 10.2. The molecule has 1 aliphatic rings. The van der Waals surface area contributed by atoms with Gasteiger partial charge in [-0.2, -0.15) is 5.26 Å². The maximum absolute atomic E-state index is 14.6. The van der Waals surface area contributed by atoms with Gasteiger partial charge in [0, 0.05) is 38.4 Å². The van der Waals surface area contributed by atoms with E-state index in [0.29, 0.717) is 47.0 Å². The number of imidazole rings is 1. The molecular formula is C23H18FN7O2. The van der Waals surface area contributed by atoms with Gasteiger partial charge in [-0.3, -0.25) is 9.78 Å². The van der Waals surface area contributed by atoms with Crippen molar-refractivity contribution < 1.29 is 9.18 Å². The number of anilines is 1. The third-order valence-corrected chi connectivity index (χ3v) is 5.67. The van der Waals surface area contributed by atoms with Gasteiger partial charge in [0.05, 0.1) is 22.7 Å². The SMILES string of the molecule is CN1CCN(Cc2ccc(C#N)cc2F)c2nc(-n3c(=O)[nH]c4ncccc43)ccc2C1=O. The topological polar surface area (TPSA) is 111 Å². The maximum Gasteiger partial charge on any atom is 0.333 e. The first-order chi connectivity index (χ1) is 16.0. The minimum absolute atomic E-state index is 0.145. The van der Waals surface area contributed by atoms with E-state index in [1.165, 1.54) is 10.6 Å². The molecule has 4 heterocycles. The van der Waals surface area contributed by atoms with E-state index in [4.69, 9.17) is 5.26 Å². The molecule has 1 N–H and O–H groups in total. The van der Waals surface area contributed by atoms with Gasteiger partial charge in [-0.15, -0.1) is 0 Å². The van der Waals surface area contributed by atoms with Crippen molar-refractivity contribution in [2.24, 2.45) is 0 Å². The van der Waals surface area contributed by atoms with Gasteiger partial charge in [0.2, 0.25) is 0 Å². The number of carbonyl (C=O) groups excluding carboxylic acids is 1. The Balaban J connectivity index is 1.63. The van der Waals surface area contributed by atoms with Crippen molar-refractivity contribution >= 4 is 22.9 Å². The molecule has 0 spiro atoms. The van der Waals surface area contributed by atoms with E-state index in [0.717, 1.165) is 0 Å². The van der Waals surface area contributed by atoms with Gasteiger partial charge < -0.3 is 9.80 Å². The molecule has 9 nitrogen and oxygen atoms in total. The largest absolute Gasteiger partial charge is 0.350 e. The van der Waals surface area contributed by atoms with E-state index in [-0.39, 0.29) is 18.0 Å². The Morgan fingerprint density at radius 2 is 2.03 bits per heavy atom. The Hall–Kier alpha value is -4.52. The summed E-state index contributed by atoms with van der Waals surface area (Å²) in [6, 6.07) is 12.9. The van der Waals surface area contributed by atoms with Crippen molar-refractivity contribution in [3.8, 4) is 11.9 Å². The number of hydrogen-bond donors (Lipinski definition) is 1. The fraction of sp³-hybridized carbons (Fsp3) is 0.174. The summed E-state index contributed by atoms with van der Waals surface area (Å²) >= 11 is 0. The Kier molecular flexibility index (Phi) is 4.86. The van der Waals surface area contributed by atoms with Crippen LogP contribution in [0.3, 0.4) is 0 Å². The number of nitrogens with zero attached hydrogens (tertiary/aromatic N) is 6. The highest BCUT2D eigenvalue weighted by Gasteiger charge is 2.27. The molecule has 0 fully saturated rings. The van der Waals surface area contributed by atoms with Crippen molar-refractivity contribution in [1.82, 2.24) is 24.4 Å². The molecule has 3 aromatic heterocycles. The number of fused-ring (bicyclic) bond motifs is 2. The fourth-order valence-electron chi connectivity index (χ4n) is 3.93. The number of aromatic amines is 1. The van der Waals surface area contributed by atoms with Crippen molar-refractivity contribution in [2.75, 3.05) is 25.0 Å². The summed E-state index contributed by atoms with van der Waals surface area (Å²) in [5, 5.41) is 9.00. The van der Waals surface area contributed by atoms with Gasteiger partial charge in [-0.25, -0.2) is 23.7 Å². The molecule has 5 rings (SSSR count). The lowest BCUT2D eigenvalue weighted by Gasteiger charge is -2.24. The fourth-order valence-corrected chi connectivity index (χ4v) is 3.93. The van der Waals surface area contributed by atoms with Gasteiger partial charge in [0.25, 0.3) is 5.91 Å². The lowest BCUT2D eigenvalue weighted by atomic mass is 10.1. The summed E-state index contributed by atoms with van der Waals surface area (Å²) in [6.07, 6.45) is 1.58. The molecule has 1 aliphatic heterocycles. The Bertz CT molecular complexity index is 1500. The summed E-state index contributed by atoms with van der Waals surface area (Å²) in [7, 11) is 1.70. The van der Waals surface area contributed by atoms with Crippen LogP contribution in [0.15, 0.2) is 53.5 Å². The van der Waals surface area contributed by atoms with Crippen LogP contribution in [0.2, 0.25) is 0 Å². The Morgan fingerprint density at radius 1 is 1.18 bits per heavy atom. The molecule has 1 amide bonds. The maximum atomic E-state index is 14.6. The number of rotatable bonds is 3. The van der Waals surface area contributed by atoms with Crippen LogP contribution in [0, 0.1) is 17.1 Å². The zero-order valence-corrected chi connectivity index (χ0v) is 17.6. The molecule has 10 heteroatoms. The van der Waals surface area contributed by atoms with Crippen LogP contribution in [0.1, 0.15) is 21.5 Å². The predicted octanol–water partition coefficient (Wildman–Crippen LogP) is 2.21. The molecule has 0 unspecified atom stereocenters. The summed E-state index contributed by atoms with van der Waals surface area (Å²) in [5.74, 6) is -0.0363. The molecule has 33 heavy (non-hydrogen) atoms. The van der Waals surface area contributed by atoms with E-state index >= 15 is 0 Å². The number of pyridine rings is 2. The quantitative estimate of drug-likeness (QED) is 0.520. The number of halogens is 1. The van der Waals surface area contributed by atoms with E-state index in [9.17, 15) is 14.0 Å². The number of likely N-dealkylation sites (N-methyl/N-ethyl adjacent to an activating group) is 1. The number of benzene rings is 1. The minimum Gasteiger partial charge on any atom is -0.350 e. The standard InChI is InChI=1S/C23H18FN7O2/c1-29-9-10-30(13-15-5-4-14(12-25)11-17(15)24)21-16(22(29)32)6-7-19(27-21)31-18-3-2-8-26-20(18)28-23(31)33/h2-8,11H,9-10,13H2,1H3,(H,26,28,33). The van der Waals surface area contributed by atoms with E-state index in [1.807, 2.05) is 11.0 Å². The molecule has 4 aromatic rings. The van der Waals surface area contributed by atoms with Crippen LogP contribution < -0.4 is 10.6 Å². The third kappa shape index (κ3) is 3.49. The number of carbonyl (C=O) groups is 1. The second kappa shape index (κ2) is 7.87. The van der Waals surface area contributed by atoms with Crippen LogP contribution >= 0.6 is 0 Å². The zero-order valence-electron chi connectivity index (χ0n) is 17.6. The van der Waals surface area contributed by atoms with Crippen molar-refractivity contribution in [3.05, 3.63) is 81.7 Å². The number of nitriles is 1. The number of H-pyrrole nitrogens is 1. The lowest BCUT2D eigenvalue weighted by molar-refractivity contribution is 0.0804. The minimum atomic E-state index is -0.505. The van der Waals surface area contributed by atoms with Crippen LogP contribution in [0.25, 0.3) is 17.0 Å². The highest BCUT2D eigenvalue weighted by molar-refractivity contribution is 5.99. The van der Waals surface area contributed by atoms with Crippen molar-refractivity contribution in [2.45, 2.75) is 6.54 Å². The summed E-state index contributed by atoms with van der Waals surface area (Å²) in [4.78, 5) is 40.5. The molecule has 0 aliphatic carbocycles. The highest BCUT2D eigenvalue weighted by atomic mass is 19.1. The van der Waals surface area contributed by atoms with Gasteiger partial charge >= 0.3 is 5.69 Å². The van der Waals surface area contributed by atoms with Gasteiger partial charge in [0.1, 0.15) is 17.5 Å². The average Bonchev–Trinajstić information content (AvgIpc) is 3.11. The lowest BCUT2D eigenvalue weighted by Crippen LogP contribution is -2.31. The Labute approximate surface area is 187 Å². The molecule has 0 radical (unpaired) electrons. The first kappa shape index (κ1) is 20.4. The molecule has 0 atom stereocenters. The van der Waals surface area contributed by atoms with E-state index in [2.05, 4.69) is 15.0 Å². The molecule has 1 aromatic carbocycles. The number of nitrogens with one attached hydrogen (secondary N) is 1. The predicted molar refractivity (Wildman–Crippen MR) is 119 cm³/mol. The van der Waals surface area contributed by atoms with Crippen molar-refractivity contribution in [3.63, 3.8) is 0 Å². The van der Waals surface area contributed by atoms with Crippen LogP contribution in [0.4, 0.5) is 10.2 Å². The highest BCUT2D eigenvalue weighted by Crippen LogP contribution is 2.27. The van der Waals surface area contributed by atoms with Gasteiger partial charge in [-0.05, 0) is 36.4 Å². The number of aromatic nitrogens is 4.